The van der Waals surface area contributed by atoms with Crippen LogP contribution < -0.4 is 5.73 Å². The highest BCUT2D eigenvalue weighted by Gasteiger charge is 2.28. The van der Waals surface area contributed by atoms with E-state index in [9.17, 15) is 4.79 Å². The minimum atomic E-state index is -0.0846. The third-order valence-electron chi connectivity index (χ3n) is 3.88. The Balaban J connectivity index is 1.79. The molecular formula is C16H23NO2. The van der Waals surface area contributed by atoms with Crippen LogP contribution in [0.2, 0.25) is 0 Å². The van der Waals surface area contributed by atoms with Gasteiger partial charge in [-0.05, 0) is 43.2 Å². The van der Waals surface area contributed by atoms with Crippen molar-refractivity contribution < 1.29 is 9.53 Å². The number of ether oxygens (including phenoxy) is 1. The van der Waals surface area contributed by atoms with E-state index in [1.165, 1.54) is 11.1 Å². The van der Waals surface area contributed by atoms with E-state index < -0.39 is 0 Å². The Kier molecular flexibility index (Phi) is 4.97. The predicted octanol–water partition coefficient (Wildman–Crippen LogP) is 2.78. The summed E-state index contributed by atoms with van der Waals surface area (Å²) in [6, 6.07) is 8.77. The number of benzene rings is 1. The molecule has 2 N–H and O–H groups in total. The summed E-state index contributed by atoms with van der Waals surface area (Å²) < 4.78 is 4.93. The quantitative estimate of drug-likeness (QED) is 0.633. The van der Waals surface area contributed by atoms with E-state index in [-0.39, 0.29) is 12.0 Å². The van der Waals surface area contributed by atoms with Crippen molar-refractivity contribution >= 4 is 5.97 Å². The molecule has 2 unspecified atom stereocenters. The van der Waals surface area contributed by atoms with Gasteiger partial charge in [0.1, 0.15) is 0 Å². The van der Waals surface area contributed by atoms with E-state index in [1.54, 1.807) is 0 Å². The van der Waals surface area contributed by atoms with Crippen molar-refractivity contribution in [3.05, 3.63) is 35.4 Å². The van der Waals surface area contributed by atoms with E-state index >= 15 is 0 Å². The van der Waals surface area contributed by atoms with Crippen molar-refractivity contribution in [2.75, 3.05) is 6.61 Å². The molecule has 3 nitrogen and oxygen atoms in total. The van der Waals surface area contributed by atoms with Crippen LogP contribution in [-0.2, 0) is 16.0 Å². The van der Waals surface area contributed by atoms with Crippen molar-refractivity contribution in [2.24, 2.45) is 5.73 Å². The predicted molar refractivity (Wildman–Crippen MR) is 76.0 cm³/mol. The first-order valence-electron chi connectivity index (χ1n) is 7.21. The Bertz CT molecular complexity index is 431. The fourth-order valence-corrected chi connectivity index (χ4v) is 2.94. The highest BCUT2D eigenvalue weighted by atomic mass is 16.5. The molecule has 1 aliphatic carbocycles. The molecule has 1 aliphatic rings. The average Bonchev–Trinajstić information content (AvgIpc) is 2.71. The maximum absolute atomic E-state index is 11.3. The number of carbonyl (C=O) groups is 1. The summed E-state index contributed by atoms with van der Waals surface area (Å²) in [5.41, 5.74) is 9.03. The maximum atomic E-state index is 11.3. The van der Waals surface area contributed by atoms with Gasteiger partial charge in [0.25, 0.3) is 0 Å². The molecule has 0 saturated heterocycles. The Morgan fingerprint density at radius 1 is 1.37 bits per heavy atom. The minimum absolute atomic E-state index is 0.0846. The van der Waals surface area contributed by atoms with E-state index in [1.807, 2.05) is 6.92 Å². The van der Waals surface area contributed by atoms with Gasteiger partial charge in [-0.15, -0.1) is 0 Å². The van der Waals surface area contributed by atoms with Gasteiger partial charge in [0.15, 0.2) is 0 Å². The van der Waals surface area contributed by atoms with Crippen LogP contribution in [-0.4, -0.2) is 18.6 Å². The third kappa shape index (κ3) is 3.57. The van der Waals surface area contributed by atoms with Gasteiger partial charge in [0, 0.05) is 12.5 Å². The lowest BCUT2D eigenvalue weighted by molar-refractivity contribution is -0.143. The monoisotopic (exact) mass is 261 g/mol. The molecule has 0 radical (unpaired) electrons. The van der Waals surface area contributed by atoms with Crippen molar-refractivity contribution in [3.8, 4) is 0 Å². The molecule has 0 amide bonds. The standard InChI is InChI=1S/C16H23NO2/c1-2-19-16(18)10-6-5-9-14-13-8-4-3-7-12(13)11-15(14)17/h3-4,7-8,14-15H,2,5-6,9-11,17H2,1H3. The molecule has 104 valence electrons. The lowest BCUT2D eigenvalue weighted by Crippen LogP contribution is -2.24. The summed E-state index contributed by atoms with van der Waals surface area (Å²) in [5.74, 6) is 0.372. The third-order valence-corrected chi connectivity index (χ3v) is 3.88. The van der Waals surface area contributed by atoms with E-state index in [4.69, 9.17) is 10.5 Å². The van der Waals surface area contributed by atoms with Crippen LogP contribution in [0.3, 0.4) is 0 Å². The topological polar surface area (TPSA) is 52.3 Å². The molecule has 19 heavy (non-hydrogen) atoms. The van der Waals surface area contributed by atoms with E-state index in [0.29, 0.717) is 18.9 Å². The van der Waals surface area contributed by atoms with Gasteiger partial charge >= 0.3 is 5.97 Å². The molecular weight excluding hydrogens is 238 g/mol. The molecule has 0 heterocycles. The molecule has 0 bridgehead atoms. The van der Waals surface area contributed by atoms with E-state index in [0.717, 1.165) is 25.7 Å². The van der Waals surface area contributed by atoms with Crippen molar-refractivity contribution in [1.29, 1.82) is 0 Å². The van der Waals surface area contributed by atoms with E-state index in [2.05, 4.69) is 24.3 Å². The summed E-state index contributed by atoms with van der Waals surface area (Å²) in [5, 5.41) is 0. The number of hydrogen-bond donors (Lipinski definition) is 1. The molecule has 3 heteroatoms. The number of carbonyl (C=O) groups excluding carboxylic acids is 1. The number of rotatable bonds is 6. The second kappa shape index (κ2) is 6.71. The van der Waals surface area contributed by atoms with Gasteiger partial charge < -0.3 is 10.5 Å². The molecule has 0 saturated carbocycles. The summed E-state index contributed by atoms with van der Waals surface area (Å²) in [4.78, 5) is 11.3. The molecule has 2 rings (SSSR count). The number of unbranched alkanes of at least 4 members (excludes halogenated alkanes) is 1. The van der Waals surface area contributed by atoms with Crippen LogP contribution in [0.15, 0.2) is 24.3 Å². The SMILES string of the molecule is CCOC(=O)CCCCC1c2ccccc2CC1N. The van der Waals surface area contributed by atoms with Crippen LogP contribution in [0.1, 0.15) is 49.7 Å². The van der Waals surface area contributed by atoms with Gasteiger partial charge in [0.2, 0.25) is 0 Å². The summed E-state index contributed by atoms with van der Waals surface area (Å²) in [6.07, 6.45) is 4.50. The second-order valence-electron chi connectivity index (χ2n) is 5.22. The summed E-state index contributed by atoms with van der Waals surface area (Å²) in [7, 11) is 0. The van der Waals surface area contributed by atoms with Gasteiger partial charge in [-0.1, -0.05) is 30.7 Å². The van der Waals surface area contributed by atoms with Gasteiger partial charge in [0.05, 0.1) is 6.61 Å². The van der Waals surface area contributed by atoms with Crippen molar-refractivity contribution in [1.82, 2.24) is 0 Å². The van der Waals surface area contributed by atoms with Gasteiger partial charge in [-0.25, -0.2) is 0 Å². The number of fused-ring (bicyclic) bond motifs is 1. The highest BCUT2D eigenvalue weighted by molar-refractivity contribution is 5.69. The molecule has 1 aromatic carbocycles. The summed E-state index contributed by atoms with van der Waals surface area (Å²) >= 11 is 0. The fraction of sp³-hybridized carbons (Fsp3) is 0.562. The smallest absolute Gasteiger partial charge is 0.305 e. The molecule has 0 spiro atoms. The largest absolute Gasteiger partial charge is 0.466 e. The average molecular weight is 261 g/mol. The number of hydrogen-bond acceptors (Lipinski definition) is 3. The Labute approximate surface area is 115 Å². The van der Waals surface area contributed by atoms with Crippen LogP contribution in [0, 0.1) is 0 Å². The number of nitrogens with two attached hydrogens (primary N) is 1. The minimum Gasteiger partial charge on any atom is -0.466 e. The van der Waals surface area contributed by atoms with Crippen LogP contribution >= 0.6 is 0 Å². The van der Waals surface area contributed by atoms with Crippen molar-refractivity contribution in [3.63, 3.8) is 0 Å². The first-order valence-corrected chi connectivity index (χ1v) is 7.21. The Hall–Kier alpha value is -1.35. The van der Waals surface area contributed by atoms with Crippen LogP contribution in [0.4, 0.5) is 0 Å². The van der Waals surface area contributed by atoms with Crippen molar-refractivity contribution in [2.45, 2.75) is 51.0 Å². The first kappa shape index (κ1) is 14.1. The second-order valence-corrected chi connectivity index (χ2v) is 5.22. The van der Waals surface area contributed by atoms with Gasteiger partial charge in [-0.2, -0.15) is 0 Å². The fourth-order valence-electron chi connectivity index (χ4n) is 2.94. The molecule has 1 aromatic rings. The molecule has 0 aromatic heterocycles. The molecule has 2 atom stereocenters. The zero-order valence-electron chi connectivity index (χ0n) is 11.6. The Morgan fingerprint density at radius 3 is 2.95 bits per heavy atom. The number of esters is 1. The maximum Gasteiger partial charge on any atom is 0.305 e. The molecule has 0 aliphatic heterocycles. The normalized spacial score (nSPS) is 21.2. The first-order chi connectivity index (χ1) is 9.22. The highest BCUT2D eigenvalue weighted by Crippen LogP contribution is 2.35. The van der Waals surface area contributed by atoms with Crippen LogP contribution in [0.25, 0.3) is 0 Å². The molecule has 0 fully saturated rings. The lowest BCUT2D eigenvalue weighted by Gasteiger charge is -2.16. The Morgan fingerprint density at radius 2 is 2.16 bits per heavy atom. The zero-order valence-corrected chi connectivity index (χ0v) is 11.6. The lowest BCUT2D eigenvalue weighted by atomic mass is 9.92. The van der Waals surface area contributed by atoms with Gasteiger partial charge in [-0.3, -0.25) is 4.79 Å². The summed E-state index contributed by atoms with van der Waals surface area (Å²) in [6.45, 7) is 2.31. The van der Waals surface area contributed by atoms with Crippen LogP contribution in [0.5, 0.6) is 0 Å². The zero-order chi connectivity index (χ0) is 13.7.